The highest BCUT2D eigenvalue weighted by Gasteiger charge is 2.26. The highest BCUT2D eigenvalue weighted by atomic mass is 16.4. The van der Waals surface area contributed by atoms with Gasteiger partial charge in [-0.05, 0) is 82.0 Å². The lowest BCUT2D eigenvalue weighted by molar-refractivity contribution is -0.929. The molecule has 5 heteroatoms. The lowest BCUT2D eigenvalue weighted by Gasteiger charge is -2.40. The molecule has 0 rings (SSSR count). The molecule has 0 radical (unpaired) electrons. The van der Waals surface area contributed by atoms with E-state index < -0.39 is 11.9 Å². The maximum atomic E-state index is 9.26. The quantitative estimate of drug-likeness (QED) is 0.0381. The second-order valence-electron chi connectivity index (χ2n) is 17.9. The first kappa shape index (κ1) is 56.0. The van der Waals surface area contributed by atoms with Gasteiger partial charge in [-0.2, -0.15) is 0 Å². The molecule has 0 aliphatic heterocycles. The Morgan fingerprint density at radius 3 is 0.927 bits per heavy atom. The van der Waals surface area contributed by atoms with Crippen LogP contribution in [0, 0.1) is 17.8 Å². The smallest absolute Gasteiger partial charge is 0.264 e. The zero-order valence-electron chi connectivity index (χ0n) is 38.9. The van der Waals surface area contributed by atoms with Crippen molar-refractivity contribution in [3.63, 3.8) is 0 Å². The fourth-order valence-corrected chi connectivity index (χ4v) is 9.00. The van der Waals surface area contributed by atoms with Gasteiger partial charge in [-0.1, -0.05) is 203 Å². The fraction of sp³-hybridized carbons (Fsp3) is 0.960. The van der Waals surface area contributed by atoms with E-state index in [1.165, 1.54) is 249 Å². The summed E-state index contributed by atoms with van der Waals surface area (Å²) in [7, 11) is 0. The van der Waals surface area contributed by atoms with Crippen LogP contribution in [0.15, 0.2) is 0 Å². The number of amides is 1. The standard InChI is InChI=1S/C48H100N.C2H3NO3/c1-8-15-20-23-28-33-40-49(41-34-29-24-21-16-9-2,42-35-30-25-22-17-10-3)43-36-31-26-27-32-39-48(44-46(13-6)37-18-11-4)45-47(14-7)38-19-12-5;3-1(4)2(5)6/h46-48H,8-45H2,1-7H3;(H2,3,4)(H,5,6)/q+1;/p-1. The molecular formula is C50H102N2O3. The molecule has 0 heterocycles. The second kappa shape index (κ2) is 42.5. The topological polar surface area (TPSA) is 83.2 Å². The Hall–Kier alpha value is -1.10. The summed E-state index contributed by atoms with van der Waals surface area (Å²) in [5, 5.41) is 9.11. The summed E-state index contributed by atoms with van der Waals surface area (Å²) in [6.45, 7) is 22.7. The van der Waals surface area contributed by atoms with E-state index in [0.717, 1.165) is 17.8 Å². The minimum absolute atomic E-state index is 0.976. The Bertz CT molecular complexity index is 731. The molecule has 0 fully saturated rings. The van der Waals surface area contributed by atoms with Gasteiger partial charge in [-0.25, -0.2) is 0 Å². The average Bonchev–Trinajstić information content (AvgIpc) is 3.18. The minimum atomic E-state index is -1.85. The number of carbonyl (C=O) groups is 2. The number of carbonyl (C=O) groups excluding carboxylic acids is 2. The lowest BCUT2D eigenvalue weighted by Crippen LogP contribution is -2.50. The van der Waals surface area contributed by atoms with Crippen LogP contribution >= 0.6 is 0 Å². The zero-order valence-corrected chi connectivity index (χ0v) is 38.9. The number of nitrogens with two attached hydrogens (primary N) is 1. The average molecular weight is 779 g/mol. The van der Waals surface area contributed by atoms with Crippen molar-refractivity contribution in [2.75, 3.05) is 26.2 Å². The number of hydrogen-bond acceptors (Lipinski definition) is 3. The van der Waals surface area contributed by atoms with Gasteiger partial charge >= 0.3 is 0 Å². The first-order chi connectivity index (χ1) is 26.7. The third-order valence-corrected chi connectivity index (χ3v) is 12.8. The SMILES string of the molecule is CCCCCCCC[N+](CCCCCCCC)(CCCCCCCC)CCCCCCCC(CC(CC)CCCC)CC(CC)CCCC.NC(=O)C(=O)[O-]. The second-order valence-corrected chi connectivity index (χ2v) is 17.9. The molecule has 0 bridgehead atoms. The summed E-state index contributed by atoms with van der Waals surface area (Å²) in [5.41, 5.74) is 4.13. The van der Waals surface area contributed by atoms with Crippen molar-refractivity contribution in [2.24, 2.45) is 23.5 Å². The van der Waals surface area contributed by atoms with Crippen molar-refractivity contribution < 1.29 is 19.2 Å². The number of primary amides is 1. The third kappa shape index (κ3) is 37.0. The van der Waals surface area contributed by atoms with E-state index in [4.69, 9.17) is 9.90 Å². The Morgan fingerprint density at radius 2 is 0.655 bits per heavy atom. The van der Waals surface area contributed by atoms with Crippen LogP contribution in [0.5, 0.6) is 0 Å². The third-order valence-electron chi connectivity index (χ3n) is 12.8. The molecule has 0 aliphatic carbocycles. The first-order valence-electron chi connectivity index (χ1n) is 25.0. The van der Waals surface area contributed by atoms with Gasteiger partial charge in [0.2, 0.25) is 0 Å². The molecular weight excluding hydrogens is 677 g/mol. The number of carboxylic acid groups (broad SMARTS) is 1. The van der Waals surface area contributed by atoms with E-state index in [2.05, 4.69) is 54.2 Å². The molecule has 55 heavy (non-hydrogen) atoms. The van der Waals surface area contributed by atoms with Crippen LogP contribution in [0.3, 0.4) is 0 Å². The van der Waals surface area contributed by atoms with Crippen LogP contribution in [0.4, 0.5) is 0 Å². The van der Waals surface area contributed by atoms with E-state index >= 15 is 0 Å². The highest BCUT2D eigenvalue weighted by Crippen LogP contribution is 2.32. The van der Waals surface area contributed by atoms with E-state index in [1.807, 2.05) is 0 Å². The Kier molecular flexibility index (Phi) is 43.3. The van der Waals surface area contributed by atoms with Gasteiger partial charge in [0.15, 0.2) is 0 Å². The molecule has 0 spiro atoms. The predicted octanol–water partition coefficient (Wildman–Crippen LogP) is 14.3. The van der Waals surface area contributed by atoms with Crippen LogP contribution in [0.1, 0.15) is 267 Å². The van der Waals surface area contributed by atoms with Crippen LogP contribution in [0.25, 0.3) is 0 Å². The number of hydrogen-bond donors (Lipinski definition) is 1. The van der Waals surface area contributed by atoms with Gasteiger partial charge in [-0.3, -0.25) is 4.79 Å². The van der Waals surface area contributed by atoms with Crippen LogP contribution < -0.4 is 10.8 Å². The molecule has 0 aromatic rings. The number of nitrogens with zero attached hydrogens (tertiary/aromatic N) is 1. The van der Waals surface area contributed by atoms with E-state index in [1.54, 1.807) is 0 Å². The van der Waals surface area contributed by atoms with E-state index in [0.29, 0.717) is 0 Å². The molecule has 1 amide bonds. The van der Waals surface area contributed by atoms with Crippen LogP contribution in [-0.4, -0.2) is 42.5 Å². The molecule has 2 unspecified atom stereocenters. The van der Waals surface area contributed by atoms with E-state index in [-0.39, 0.29) is 0 Å². The summed E-state index contributed by atoms with van der Waals surface area (Å²) in [6, 6.07) is 0. The highest BCUT2D eigenvalue weighted by molar-refractivity contribution is 6.29. The predicted molar refractivity (Wildman–Crippen MR) is 241 cm³/mol. The molecule has 5 nitrogen and oxygen atoms in total. The van der Waals surface area contributed by atoms with Crippen molar-refractivity contribution >= 4 is 11.9 Å². The molecule has 330 valence electrons. The molecule has 2 N–H and O–H groups in total. The molecule has 0 aromatic heterocycles. The van der Waals surface area contributed by atoms with Crippen molar-refractivity contribution in [1.29, 1.82) is 0 Å². The fourth-order valence-electron chi connectivity index (χ4n) is 9.00. The number of carboxylic acids is 1. The van der Waals surface area contributed by atoms with Crippen LogP contribution in [0.2, 0.25) is 0 Å². The monoisotopic (exact) mass is 779 g/mol. The summed E-state index contributed by atoms with van der Waals surface area (Å²) < 4.78 is 1.48. The Labute approximate surface area is 346 Å². The molecule has 2 atom stereocenters. The molecule has 0 saturated heterocycles. The summed E-state index contributed by atoms with van der Waals surface area (Å²) >= 11 is 0. The summed E-state index contributed by atoms with van der Waals surface area (Å²) in [6.07, 6.45) is 49.4. The van der Waals surface area contributed by atoms with E-state index in [9.17, 15) is 4.79 Å². The summed E-state index contributed by atoms with van der Waals surface area (Å²) in [5.74, 6) is -0.348. The maximum Gasteiger partial charge on any atom is 0.264 e. The van der Waals surface area contributed by atoms with Crippen molar-refractivity contribution in [3.05, 3.63) is 0 Å². The van der Waals surface area contributed by atoms with Crippen LogP contribution in [-0.2, 0) is 9.59 Å². The Morgan fingerprint density at radius 1 is 0.400 bits per heavy atom. The van der Waals surface area contributed by atoms with Gasteiger partial charge in [0.1, 0.15) is 5.97 Å². The van der Waals surface area contributed by atoms with Gasteiger partial charge < -0.3 is 20.1 Å². The number of unbranched alkanes of at least 4 members (excludes halogenated alkanes) is 21. The maximum absolute atomic E-state index is 9.26. The normalized spacial score (nSPS) is 13.3. The largest absolute Gasteiger partial charge is 0.540 e. The van der Waals surface area contributed by atoms with Gasteiger partial charge in [-0.15, -0.1) is 0 Å². The lowest BCUT2D eigenvalue weighted by atomic mass is 9.79. The molecule has 0 saturated carbocycles. The van der Waals surface area contributed by atoms with Gasteiger partial charge in [0, 0.05) is 0 Å². The van der Waals surface area contributed by atoms with Crippen molar-refractivity contribution in [3.8, 4) is 0 Å². The minimum Gasteiger partial charge on any atom is -0.540 e. The van der Waals surface area contributed by atoms with Crippen molar-refractivity contribution in [2.45, 2.75) is 267 Å². The molecule has 0 aliphatic rings. The first-order valence-corrected chi connectivity index (χ1v) is 25.0. The number of rotatable bonds is 41. The Balaban J connectivity index is 0. The molecule has 0 aromatic carbocycles. The zero-order chi connectivity index (χ0) is 41.3. The van der Waals surface area contributed by atoms with Crippen molar-refractivity contribution in [1.82, 2.24) is 0 Å². The number of aliphatic carboxylic acids is 1. The van der Waals surface area contributed by atoms with Gasteiger partial charge in [0.05, 0.1) is 26.2 Å². The number of quaternary nitrogens is 1. The summed E-state index contributed by atoms with van der Waals surface area (Å²) in [4.78, 5) is 18.4. The van der Waals surface area contributed by atoms with Gasteiger partial charge in [0.25, 0.3) is 5.91 Å².